The van der Waals surface area contributed by atoms with Crippen LogP contribution in [0.5, 0.6) is 0 Å². The van der Waals surface area contributed by atoms with Crippen molar-refractivity contribution in [2.75, 3.05) is 6.54 Å². The highest BCUT2D eigenvalue weighted by molar-refractivity contribution is 5.29. The average Bonchev–Trinajstić information content (AvgIpc) is 2.44. The lowest BCUT2D eigenvalue weighted by atomic mass is 10.1. The van der Waals surface area contributed by atoms with Gasteiger partial charge < -0.3 is 5.32 Å². The van der Waals surface area contributed by atoms with Crippen LogP contribution in [0.1, 0.15) is 11.1 Å². The van der Waals surface area contributed by atoms with Gasteiger partial charge in [0, 0.05) is 12.6 Å². The molecule has 0 saturated carbocycles. The molecule has 0 saturated heterocycles. The molecule has 1 aromatic rings. The van der Waals surface area contributed by atoms with Crippen LogP contribution in [0.25, 0.3) is 0 Å². The molecule has 0 aliphatic carbocycles. The molecule has 1 aliphatic rings. The Hall–Kier alpha value is -2.55. The summed E-state index contributed by atoms with van der Waals surface area (Å²) in [5.41, 5.74) is -0.358. The van der Waals surface area contributed by atoms with Crippen molar-refractivity contribution in [3.63, 3.8) is 0 Å². The van der Waals surface area contributed by atoms with E-state index in [0.29, 0.717) is 5.56 Å². The van der Waals surface area contributed by atoms with Gasteiger partial charge in [-0.15, -0.1) is 0 Å². The molecular formula is C13H12F3N3O3. The summed E-state index contributed by atoms with van der Waals surface area (Å²) in [5.74, 6) is 0. The first-order chi connectivity index (χ1) is 10.3. The van der Waals surface area contributed by atoms with Gasteiger partial charge in [-0.1, -0.05) is 12.1 Å². The lowest BCUT2D eigenvalue weighted by Gasteiger charge is -2.18. The van der Waals surface area contributed by atoms with Gasteiger partial charge >= 0.3 is 6.18 Å². The third-order valence-corrected chi connectivity index (χ3v) is 2.99. The smallest absolute Gasteiger partial charge is 0.374 e. The van der Waals surface area contributed by atoms with Crippen molar-refractivity contribution in [1.82, 2.24) is 10.4 Å². The molecule has 9 heteroatoms. The van der Waals surface area contributed by atoms with Crippen LogP contribution in [0.3, 0.4) is 0 Å². The summed E-state index contributed by atoms with van der Waals surface area (Å²) < 4.78 is 37.3. The van der Waals surface area contributed by atoms with Crippen molar-refractivity contribution in [2.45, 2.75) is 12.7 Å². The van der Waals surface area contributed by atoms with E-state index in [2.05, 4.69) is 5.32 Å². The summed E-state index contributed by atoms with van der Waals surface area (Å²) in [6, 6.07) is 4.45. The van der Waals surface area contributed by atoms with Crippen molar-refractivity contribution in [2.24, 2.45) is 0 Å². The first kappa shape index (κ1) is 15.8. The van der Waals surface area contributed by atoms with E-state index in [1.807, 2.05) is 0 Å². The molecule has 1 aliphatic heterocycles. The van der Waals surface area contributed by atoms with Crippen LogP contribution < -0.4 is 5.32 Å². The average molecular weight is 315 g/mol. The molecule has 1 heterocycles. The van der Waals surface area contributed by atoms with Crippen molar-refractivity contribution in [3.8, 4) is 0 Å². The number of nitrogens with zero attached hydrogens (tertiary/aromatic N) is 2. The Morgan fingerprint density at radius 1 is 1.32 bits per heavy atom. The molecule has 1 aromatic carbocycles. The van der Waals surface area contributed by atoms with Gasteiger partial charge in [-0.2, -0.15) is 13.2 Å². The second kappa shape index (κ2) is 6.06. The van der Waals surface area contributed by atoms with Gasteiger partial charge in [-0.25, -0.2) is 0 Å². The lowest BCUT2D eigenvalue weighted by molar-refractivity contribution is -0.422. The van der Waals surface area contributed by atoms with E-state index in [0.717, 1.165) is 23.4 Å². The molecule has 2 N–H and O–H groups in total. The summed E-state index contributed by atoms with van der Waals surface area (Å²) in [6.07, 6.45) is -2.02. The van der Waals surface area contributed by atoms with Crippen LogP contribution in [0.4, 0.5) is 13.2 Å². The Labute approximate surface area is 123 Å². The summed E-state index contributed by atoms with van der Waals surface area (Å²) in [5, 5.41) is 23.7. The summed E-state index contributed by atoms with van der Waals surface area (Å²) in [4.78, 5) is 10.3. The summed E-state index contributed by atoms with van der Waals surface area (Å²) in [7, 11) is 0. The highest BCUT2D eigenvalue weighted by Gasteiger charge is 2.30. The Morgan fingerprint density at radius 2 is 1.95 bits per heavy atom. The molecule has 6 nitrogen and oxygen atoms in total. The fourth-order valence-corrected chi connectivity index (χ4v) is 1.88. The number of benzene rings is 1. The molecule has 0 amide bonds. The van der Waals surface area contributed by atoms with E-state index in [1.54, 1.807) is 0 Å². The number of halogens is 3. The van der Waals surface area contributed by atoms with Crippen molar-refractivity contribution >= 4 is 0 Å². The van der Waals surface area contributed by atoms with Crippen LogP contribution in [0, 0.1) is 10.1 Å². The second-order valence-electron chi connectivity index (χ2n) is 4.56. The zero-order valence-corrected chi connectivity index (χ0v) is 11.2. The number of rotatable bonds is 4. The van der Waals surface area contributed by atoms with E-state index in [-0.39, 0.29) is 24.5 Å². The molecule has 2 rings (SSSR count). The number of hydrogen-bond donors (Lipinski definition) is 2. The monoisotopic (exact) mass is 315 g/mol. The minimum absolute atomic E-state index is 0.0121. The quantitative estimate of drug-likeness (QED) is 0.659. The van der Waals surface area contributed by atoms with E-state index >= 15 is 0 Å². The van der Waals surface area contributed by atoms with Crippen molar-refractivity contribution < 1.29 is 23.3 Å². The maximum atomic E-state index is 12.4. The van der Waals surface area contributed by atoms with Crippen LogP contribution in [-0.4, -0.2) is 21.7 Å². The zero-order valence-electron chi connectivity index (χ0n) is 11.2. The molecule has 0 fully saturated rings. The molecular weight excluding hydrogens is 303 g/mol. The Balaban J connectivity index is 2.06. The van der Waals surface area contributed by atoms with Crippen LogP contribution in [0.15, 0.2) is 47.9 Å². The van der Waals surface area contributed by atoms with E-state index in [4.69, 9.17) is 0 Å². The zero-order chi connectivity index (χ0) is 16.3. The van der Waals surface area contributed by atoms with Crippen LogP contribution in [0.2, 0.25) is 0 Å². The summed E-state index contributed by atoms with van der Waals surface area (Å²) >= 11 is 0. The largest absolute Gasteiger partial charge is 0.416 e. The third kappa shape index (κ3) is 3.76. The second-order valence-corrected chi connectivity index (χ2v) is 4.56. The van der Waals surface area contributed by atoms with Gasteiger partial charge in [0.25, 0.3) is 5.70 Å². The Bertz CT molecular complexity index is 624. The van der Waals surface area contributed by atoms with Crippen LogP contribution >= 0.6 is 0 Å². The topological polar surface area (TPSA) is 78.6 Å². The Morgan fingerprint density at radius 3 is 2.50 bits per heavy atom. The van der Waals surface area contributed by atoms with Gasteiger partial charge in [0.1, 0.15) is 5.70 Å². The van der Waals surface area contributed by atoms with Gasteiger partial charge in [0.05, 0.1) is 23.2 Å². The molecule has 0 radical (unpaired) electrons. The highest BCUT2D eigenvalue weighted by Crippen LogP contribution is 2.29. The molecule has 0 bridgehead atoms. The number of nitro groups is 1. The SMILES string of the molecule is O=[N+]([O-])C1=CCN(O)C=C1NCc1ccc(C(F)(F)F)cc1. The van der Waals surface area contributed by atoms with Gasteiger partial charge in [0.15, 0.2) is 0 Å². The maximum Gasteiger partial charge on any atom is 0.416 e. The number of hydrogen-bond acceptors (Lipinski definition) is 5. The minimum Gasteiger partial charge on any atom is -0.374 e. The lowest BCUT2D eigenvalue weighted by Crippen LogP contribution is -2.27. The molecule has 0 aromatic heterocycles. The first-order valence-corrected chi connectivity index (χ1v) is 6.19. The number of hydroxylamine groups is 2. The first-order valence-electron chi connectivity index (χ1n) is 6.19. The van der Waals surface area contributed by atoms with Gasteiger partial charge in [-0.3, -0.25) is 20.4 Å². The van der Waals surface area contributed by atoms with Crippen LogP contribution in [-0.2, 0) is 12.7 Å². The fraction of sp³-hybridized carbons (Fsp3) is 0.231. The molecule has 118 valence electrons. The van der Waals surface area contributed by atoms with E-state index in [9.17, 15) is 28.5 Å². The third-order valence-electron chi connectivity index (χ3n) is 2.99. The number of alkyl halides is 3. The van der Waals surface area contributed by atoms with Gasteiger partial charge in [0.2, 0.25) is 0 Å². The molecule has 0 spiro atoms. The summed E-state index contributed by atoms with van der Waals surface area (Å²) in [6.45, 7) is 0.0742. The normalized spacial score (nSPS) is 15.2. The fourth-order valence-electron chi connectivity index (χ4n) is 1.88. The predicted octanol–water partition coefficient (Wildman–Crippen LogP) is 2.50. The van der Waals surface area contributed by atoms with Crippen molar-refractivity contribution in [1.29, 1.82) is 0 Å². The maximum absolute atomic E-state index is 12.4. The predicted molar refractivity (Wildman–Crippen MR) is 69.9 cm³/mol. The van der Waals surface area contributed by atoms with Crippen molar-refractivity contribution in [3.05, 3.63) is 69.2 Å². The number of nitrogens with one attached hydrogen (secondary N) is 1. The van der Waals surface area contributed by atoms with Gasteiger partial charge in [-0.05, 0) is 17.7 Å². The van der Waals surface area contributed by atoms with E-state index in [1.165, 1.54) is 18.2 Å². The Kier molecular flexibility index (Phi) is 4.36. The minimum atomic E-state index is -4.41. The standard InChI is InChI=1S/C13H12F3N3O3/c14-13(15,16)10-3-1-9(2-4-10)7-17-11-8-18(20)6-5-12(11)19(21)22/h1-5,8,17,20H,6-7H2. The highest BCUT2D eigenvalue weighted by atomic mass is 19.4. The van der Waals surface area contributed by atoms with E-state index < -0.39 is 16.7 Å². The molecule has 0 atom stereocenters. The molecule has 0 unspecified atom stereocenters. The molecule has 22 heavy (non-hydrogen) atoms.